The minimum atomic E-state index is -0.747. The number of phenols is 2. The standard InChI is InChI=1S/C19H19ClO5/c1-10-6-12-7-11(12)4-2-3-5-13(21)8-14-17(19(24)25-10)15(22)9-16(23)18(14)20/h2-5,9-12,22-23H,6-8H2,1H3/b4-2-,5-3+/t10?,11?,12-/m0/s1. The van der Waals surface area contributed by atoms with Crippen molar-refractivity contribution in [3.05, 3.63) is 46.5 Å². The van der Waals surface area contributed by atoms with Gasteiger partial charge in [-0.3, -0.25) is 4.79 Å². The van der Waals surface area contributed by atoms with E-state index in [1.54, 1.807) is 13.0 Å². The van der Waals surface area contributed by atoms with E-state index in [-0.39, 0.29) is 34.5 Å². The van der Waals surface area contributed by atoms with E-state index < -0.39 is 17.5 Å². The summed E-state index contributed by atoms with van der Waals surface area (Å²) in [5.74, 6) is -1.01. The molecule has 0 radical (unpaired) electrons. The molecule has 2 unspecified atom stereocenters. The van der Waals surface area contributed by atoms with Gasteiger partial charge in [0.25, 0.3) is 0 Å². The summed E-state index contributed by atoms with van der Waals surface area (Å²) in [6.45, 7) is 1.80. The van der Waals surface area contributed by atoms with Crippen LogP contribution >= 0.6 is 11.6 Å². The van der Waals surface area contributed by atoms with E-state index in [1.807, 2.05) is 12.2 Å². The molecule has 1 aromatic carbocycles. The number of rotatable bonds is 0. The first-order valence-electron chi connectivity index (χ1n) is 8.18. The normalized spacial score (nSPS) is 29.0. The number of phenolic OH excluding ortho intramolecular Hbond substituents is 2. The minimum absolute atomic E-state index is 0.0661. The molecule has 0 saturated heterocycles. The first kappa shape index (κ1) is 17.5. The van der Waals surface area contributed by atoms with Gasteiger partial charge in [0.1, 0.15) is 17.1 Å². The smallest absolute Gasteiger partial charge is 0.342 e. The van der Waals surface area contributed by atoms with Crippen LogP contribution in [0.5, 0.6) is 11.5 Å². The first-order chi connectivity index (χ1) is 11.9. The van der Waals surface area contributed by atoms with Crippen LogP contribution < -0.4 is 0 Å². The number of ether oxygens (including phenoxy) is 1. The number of hydrogen-bond donors (Lipinski definition) is 2. The monoisotopic (exact) mass is 362 g/mol. The van der Waals surface area contributed by atoms with Crippen LogP contribution in [0.15, 0.2) is 30.4 Å². The maximum atomic E-state index is 12.5. The summed E-state index contributed by atoms with van der Waals surface area (Å²) in [6, 6.07) is 0.982. The van der Waals surface area contributed by atoms with Crippen molar-refractivity contribution in [1.29, 1.82) is 0 Å². The molecule has 1 heterocycles. The number of benzene rings is 1. The summed E-state index contributed by atoms with van der Waals surface area (Å²) in [5, 5.41) is 19.8. The van der Waals surface area contributed by atoms with E-state index in [0.717, 1.165) is 18.9 Å². The molecule has 25 heavy (non-hydrogen) atoms. The van der Waals surface area contributed by atoms with Crippen molar-refractivity contribution in [3.63, 3.8) is 0 Å². The van der Waals surface area contributed by atoms with Crippen LogP contribution in [0, 0.1) is 11.8 Å². The summed E-state index contributed by atoms with van der Waals surface area (Å²) >= 11 is 6.07. The average Bonchev–Trinajstić information content (AvgIpc) is 3.25. The Hall–Kier alpha value is -2.27. The molecule has 1 aliphatic carbocycles. The molecule has 1 saturated carbocycles. The zero-order valence-corrected chi connectivity index (χ0v) is 14.5. The zero-order valence-electron chi connectivity index (χ0n) is 13.7. The molecule has 1 aromatic rings. The van der Waals surface area contributed by atoms with Crippen LogP contribution in [0.1, 0.15) is 35.7 Å². The SMILES string of the molecule is CC1C[C@H]2CC2/C=C\C=C\C(=O)Cc2c(Cl)c(O)cc(O)c2C(=O)O1. The van der Waals surface area contributed by atoms with Gasteiger partial charge in [-0.25, -0.2) is 4.79 Å². The number of hydrogen-bond acceptors (Lipinski definition) is 5. The molecule has 2 N–H and O–H groups in total. The molecular weight excluding hydrogens is 344 g/mol. The van der Waals surface area contributed by atoms with Crippen molar-refractivity contribution in [2.45, 2.75) is 32.3 Å². The highest BCUT2D eigenvalue weighted by atomic mass is 35.5. The Morgan fingerprint density at radius 2 is 1.92 bits per heavy atom. The fraction of sp³-hybridized carbons (Fsp3) is 0.368. The Labute approximate surface area is 150 Å². The number of esters is 1. The Morgan fingerprint density at radius 3 is 2.68 bits per heavy atom. The second kappa shape index (κ2) is 6.92. The number of cyclic esters (lactones) is 1. The predicted octanol–water partition coefficient (Wildman–Crippen LogP) is 3.56. The summed E-state index contributed by atoms with van der Waals surface area (Å²) in [5.41, 5.74) is -0.104. The van der Waals surface area contributed by atoms with Crippen LogP contribution in [0.4, 0.5) is 0 Å². The average molecular weight is 363 g/mol. The van der Waals surface area contributed by atoms with Crippen LogP contribution in [0.25, 0.3) is 0 Å². The minimum Gasteiger partial charge on any atom is -0.507 e. The van der Waals surface area contributed by atoms with Gasteiger partial charge in [0.2, 0.25) is 0 Å². The summed E-state index contributed by atoms with van der Waals surface area (Å²) in [6.07, 6.45) is 8.13. The van der Waals surface area contributed by atoms with Gasteiger partial charge in [0.15, 0.2) is 5.78 Å². The van der Waals surface area contributed by atoms with E-state index in [0.29, 0.717) is 11.8 Å². The maximum absolute atomic E-state index is 12.5. The van der Waals surface area contributed by atoms with Gasteiger partial charge in [0, 0.05) is 18.1 Å². The van der Waals surface area contributed by atoms with Crippen molar-refractivity contribution in [3.8, 4) is 11.5 Å². The quantitative estimate of drug-likeness (QED) is 0.689. The molecule has 5 nitrogen and oxygen atoms in total. The van der Waals surface area contributed by atoms with Crippen molar-refractivity contribution in [2.75, 3.05) is 0 Å². The van der Waals surface area contributed by atoms with Gasteiger partial charge in [-0.05, 0) is 37.7 Å². The molecule has 1 aliphatic heterocycles. The van der Waals surface area contributed by atoms with Crippen molar-refractivity contribution in [2.24, 2.45) is 11.8 Å². The summed E-state index contributed by atoms with van der Waals surface area (Å²) in [7, 11) is 0. The molecular formula is C19H19ClO5. The predicted molar refractivity (Wildman–Crippen MR) is 92.9 cm³/mol. The molecule has 0 aromatic heterocycles. The van der Waals surface area contributed by atoms with Crippen LogP contribution in [0.3, 0.4) is 0 Å². The third-order valence-corrected chi connectivity index (χ3v) is 4.97. The highest BCUT2D eigenvalue weighted by molar-refractivity contribution is 6.33. The zero-order chi connectivity index (χ0) is 18.1. The largest absolute Gasteiger partial charge is 0.507 e. The van der Waals surface area contributed by atoms with Crippen molar-refractivity contribution < 1.29 is 24.5 Å². The highest BCUT2D eigenvalue weighted by Gasteiger charge is 2.36. The van der Waals surface area contributed by atoms with E-state index in [2.05, 4.69) is 0 Å². The van der Waals surface area contributed by atoms with Crippen LogP contribution in [0.2, 0.25) is 5.02 Å². The van der Waals surface area contributed by atoms with E-state index in [4.69, 9.17) is 16.3 Å². The number of fused-ring (bicyclic) bond motifs is 2. The lowest BCUT2D eigenvalue weighted by molar-refractivity contribution is -0.114. The van der Waals surface area contributed by atoms with Gasteiger partial charge >= 0.3 is 5.97 Å². The molecule has 132 valence electrons. The van der Waals surface area contributed by atoms with E-state index >= 15 is 0 Å². The molecule has 6 heteroatoms. The fourth-order valence-electron chi connectivity index (χ4n) is 3.17. The number of halogens is 1. The lowest BCUT2D eigenvalue weighted by Gasteiger charge is -2.17. The van der Waals surface area contributed by atoms with Gasteiger partial charge in [-0.2, -0.15) is 0 Å². The van der Waals surface area contributed by atoms with Gasteiger partial charge in [-0.15, -0.1) is 0 Å². The highest BCUT2D eigenvalue weighted by Crippen LogP contribution is 2.44. The fourth-order valence-corrected chi connectivity index (χ4v) is 3.39. The lowest BCUT2D eigenvalue weighted by atomic mass is 10.00. The lowest BCUT2D eigenvalue weighted by Crippen LogP contribution is -2.18. The summed E-state index contributed by atoms with van der Waals surface area (Å²) < 4.78 is 5.44. The molecule has 0 amide bonds. The van der Waals surface area contributed by atoms with Gasteiger partial charge < -0.3 is 14.9 Å². The van der Waals surface area contributed by atoms with Gasteiger partial charge in [0.05, 0.1) is 11.1 Å². The third-order valence-electron chi connectivity index (χ3n) is 4.55. The molecule has 0 bridgehead atoms. The topological polar surface area (TPSA) is 83.8 Å². The molecule has 0 spiro atoms. The van der Waals surface area contributed by atoms with E-state index in [9.17, 15) is 19.8 Å². The van der Waals surface area contributed by atoms with Crippen LogP contribution in [-0.2, 0) is 16.0 Å². The number of ketones is 1. The Kier molecular flexibility index (Phi) is 4.86. The summed E-state index contributed by atoms with van der Waals surface area (Å²) in [4.78, 5) is 24.7. The third kappa shape index (κ3) is 3.87. The molecule has 3 rings (SSSR count). The number of carbonyl (C=O) groups is 2. The number of allylic oxidation sites excluding steroid dienone is 4. The van der Waals surface area contributed by atoms with Crippen LogP contribution in [-0.4, -0.2) is 28.1 Å². The maximum Gasteiger partial charge on any atom is 0.342 e. The second-order valence-corrected chi connectivity index (χ2v) is 6.96. The van der Waals surface area contributed by atoms with Crippen molar-refractivity contribution in [1.82, 2.24) is 0 Å². The Morgan fingerprint density at radius 1 is 1.16 bits per heavy atom. The van der Waals surface area contributed by atoms with Gasteiger partial charge in [-0.1, -0.05) is 29.8 Å². The molecule has 3 atom stereocenters. The molecule has 2 aliphatic rings. The molecule has 1 fully saturated rings. The van der Waals surface area contributed by atoms with E-state index in [1.165, 1.54) is 6.08 Å². The number of carbonyl (C=O) groups excluding carboxylic acids is 2. The van der Waals surface area contributed by atoms with Crippen molar-refractivity contribution >= 4 is 23.4 Å². The Bertz CT molecular complexity index is 781. The first-order valence-corrected chi connectivity index (χ1v) is 8.56. The number of aromatic hydroxyl groups is 2. The second-order valence-electron chi connectivity index (χ2n) is 6.58. The Balaban J connectivity index is 2.01.